The number of benzene rings is 1. The summed E-state index contributed by atoms with van der Waals surface area (Å²) in [5, 5.41) is 2.72. The molecule has 0 spiro atoms. The summed E-state index contributed by atoms with van der Waals surface area (Å²) in [4.78, 5) is 12.3. The minimum atomic E-state index is -3.61. The standard InChI is InChI=1S/C19H30N2O4S/c1-14-9-10-15(2)17(12-14)26(23,24)21-11-7-6-8-16(21)13-20-18(22)25-19(3,4)5/h9-10,12,16H,6-8,11,13H2,1-5H3,(H,20,22). The van der Waals surface area contributed by atoms with Crippen LogP contribution >= 0.6 is 0 Å². The molecule has 6 nitrogen and oxygen atoms in total. The molecule has 146 valence electrons. The molecule has 1 saturated heterocycles. The van der Waals surface area contributed by atoms with Gasteiger partial charge in [0.25, 0.3) is 0 Å². The number of amides is 1. The highest BCUT2D eigenvalue weighted by molar-refractivity contribution is 7.89. The molecule has 1 aliphatic rings. The summed E-state index contributed by atoms with van der Waals surface area (Å²) in [6.45, 7) is 9.80. The number of sulfonamides is 1. The van der Waals surface area contributed by atoms with E-state index in [1.165, 1.54) is 4.31 Å². The topological polar surface area (TPSA) is 75.7 Å². The molecule has 7 heteroatoms. The van der Waals surface area contributed by atoms with Crippen molar-refractivity contribution in [3.63, 3.8) is 0 Å². The predicted molar refractivity (Wildman–Crippen MR) is 102 cm³/mol. The van der Waals surface area contributed by atoms with Crippen molar-refractivity contribution in [3.05, 3.63) is 29.3 Å². The van der Waals surface area contributed by atoms with Gasteiger partial charge in [0.1, 0.15) is 5.60 Å². The van der Waals surface area contributed by atoms with Crippen LogP contribution in [0.4, 0.5) is 4.79 Å². The fraction of sp³-hybridized carbons (Fsp3) is 0.632. The summed E-state index contributed by atoms with van der Waals surface area (Å²) in [7, 11) is -3.61. The molecule has 0 aliphatic carbocycles. The number of piperidine rings is 1. The lowest BCUT2D eigenvalue weighted by molar-refractivity contribution is 0.0512. The van der Waals surface area contributed by atoms with Gasteiger partial charge in [0, 0.05) is 19.1 Å². The minimum absolute atomic E-state index is 0.249. The maximum absolute atomic E-state index is 13.2. The lowest BCUT2D eigenvalue weighted by atomic mass is 10.1. The Morgan fingerprint density at radius 1 is 1.27 bits per heavy atom. The summed E-state index contributed by atoms with van der Waals surface area (Å²) in [5.41, 5.74) is 1.07. The van der Waals surface area contributed by atoms with Gasteiger partial charge in [-0.3, -0.25) is 0 Å². The van der Waals surface area contributed by atoms with Crippen LogP contribution in [0.25, 0.3) is 0 Å². The van der Waals surface area contributed by atoms with Gasteiger partial charge in [0.2, 0.25) is 10.0 Å². The van der Waals surface area contributed by atoms with E-state index in [1.807, 2.05) is 26.0 Å². The third-order valence-corrected chi connectivity index (χ3v) is 6.48. The van der Waals surface area contributed by atoms with E-state index in [9.17, 15) is 13.2 Å². The molecule has 1 amide bonds. The summed E-state index contributed by atoms with van der Waals surface area (Å²) < 4.78 is 33.2. The third kappa shape index (κ3) is 5.20. The van der Waals surface area contributed by atoms with Crippen LogP contribution in [-0.2, 0) is 14.8 Å². The third-order valence-electron chi connectivity index (χ3n) is 4.38. The molecule has 1 N–H and O–H groups in total. The van der Waals surface area contributed by atoms with Gasteiger partial charge in [-0.2, -0.15) is 4.31 Å². The molecule has 0 aromatic heterocycles. The molecule has 2 rings (SSSR count). The van der Waals surface area contributed by atoms with Gasteiger partial charge in [-0.25, -0.2) is 13.2 Å². The van der Waals surface area contributed by atoms with Crippen molar-refractivity contribution >= 4 is 16.1 Å². The highest BCUT2D eigenvalue weighted by Gasteiger charge is 2.34. The average Bonchev–Trinajstić information content (AvgIpc) is 2.53. The summed E-state index contributed by atoms with van der Waals surface area (Å²) in [6.07, 6.45) is 1.97. The highest BCUT2D eigenvalue weighted by atomic mass is 32.2. The quantitative estimate of drug-likeness (QED) is 0.866. The largest absolute Gasteiger partial charge is 0.444 e. The van der Waals surface area contributed by atoms with Crippen molar-refractivity contribution in [2.75, 3.05) is 13.1 Å². The molecule has 1 aliphatic heterocycles. The zero-order valence-electron chi connectivity index (χ0n) is 16.3. The fourth-order valence-corrected chi connectivity index (χ4v) is 5.13. The summed E-state index contributed by atoms with van der Waals surface area (Å²) in [5.74, 6) is 0. The number of hydrogen-bond donors (Lipinski definition) is 1. The van der Waals surface area contributed by atoms with Crippen LogP contribution in [0.5, 0.6) is 0 Å². The number of carbonyl (C=O) groups excluding carboxylic acids is 1. The maximum Gasteiger partial charge on any atom is 0.407 e. The van der Waals surface area contributed by atoms with Crippen LogP contribution in [0.15, 0.2) is 23.1 Å². The van der Waals surface area contributed by atoms with Crippen LogP contribution in [0, 0.1) is 13.8 Å². The smallest absolute Gasteiger partial charge is 0.407 e. The lowest BCUT2D eigenvalue weighted by Gasteiger charge is -2.35. The predicted octanol–water partition coefficient (Wildman–Crippen LogP) is 3.37. The van der Waals surface area contributed by atoms with Gasteiger partial charge in [-0.05, 0) is 64.7 Å². The van der Waals surface area contributed by atoms with Gasteiger partial charge >= 0.3 is 6.09 Å². The van der Waals surface area contributed by atoms with Crippen molar-refractivity contribution in [2.45, 2.75) is 70.4 Å². The molecule has 0 saturated carbocycles. The molecule has 26 heavy (non-hydrogen) atoms. The molecule has 1 aromatic carbocycles. The highest BCUT2D eigenvalue weighted by Crippen LogP contribution is 2.27. The Balaban J connectivity index is 2.17. The van der Waals surface area contributed by atoms with Gasteiger partial charge < -0.3 is 10.1 Å². The Morgan fingerprint density at radius 3 is 2.62 bits per heavy atom. The lowest BCUT2D eigenvalue weighted by Crippen LogP contribution is -2.50. The van der Waals surface area contributed by atoms with E-state index in [4.69, 9.17) is 4.74 Å². The summed E-state index contributed by atoms with van der Waals surface area (Å²) >= 11 is 0. The molecular weight excluding hydrogens is 352 g/mol. The second-order valence-electron chi connectivity index (χ2n) is 7.92. The first-order valence-electron chi connectivity index (χ1n) is 9.06. The van der Waals surface area contributed by atoms with E-state index < -0.39 is 21.7 Å². The van der Waals surface area contributed by atoms with Crippen LogP contribution < -0.4 is 5.32 Å². The van der Waals surface area contributed by atoms with E-state index in [-0.39, 0.29) is 12.6 Å². The van der Waals surface area contributed by atoms with E-state index in [1.54, 1.807) is 26.8 Å². The number of alkyl carbamates (subject to hydrolysis) is 1. The number of nitrogens with one attached hydrogen (secondary N) is 1. The Morgan fingerprint density at radius 2 is 1.96 bits per heavy atom. The molecule has 0 radical (unpaired) electrons. The number of nitrogens with zero attached hydrogens (tertiary/aromatic N) is 1. The first-order valence-corrected chi connectivity index (χ1v) is 10.5. The number of aryl methyl sites for hydroxylation is 2. The van der Waals surface area contributed by atoms with Gasteiger partial charge in [0.15, 0.2) is 0 Å². The molecule has 1 aromatic rings. The second-order valence-corrected chi connectivity index (χ2v) is 9.78. The number of hydrogen-bond acceptors (Lipinski definition) is 4. The van der Waals surface area contributed by atoms with Crippen LogP contribution in [0.1, 0.15) is 51.2 Å². The monoisotopic (exact) mass is 382 g/mol. The number of ether oxygens (including phenoxy) is 1. The molecule has 1 atom stereocenters. The van der Waals surface area contributed by atoms with Crippen molar-refractivity contribution in [1.82, 2.24) is 9.62 Å². The summed E-state index contributed by atoms with van der Waals surface area (Å²) in [6, 6.07) is 5.20. The first-order chi connectivity index (χ1) is 12.0. The molecule has 0 bridgehead atoms. The maximum atomic E-state index is 13.2. The Bertz CT molecular complexity index is 753. The van der Waals surface area contributed by atoms with E-state index in [0.717, 1.165) is 30.4 Å². The number of carbonyl (C=O) groups is 1. The van der Waals surface area contributed by atoms with Gasteiger partial charge in [-0.1, -0.05) is 18.6 Å². The van der Waals surface area contributed by atoms with Crippen molar-refractivity contribution < 1.29 is 17.9 Å². The zero-order chi connectivity index (χ0) is 19.5. The SMILES string of the molecule is Cc1ccc(C)c(S(=O)(=O)N2CCCCC2CNC(=O)OC(C)(C)C)c1. The van der Waals surface area contributed by atoms with Crippen LogP contribution in [-0.4, -0.2) is 43.5 Å². The van der Waals surface area contributed by atoms with Crippen LogP contribution in [0.2, 0.25) is 0 Å². The van der Waals surface area contributed by atoms with E-state index in [2.05, 4.69) is 5.32 Å². The zero-order valence-corrected chi connectivity index (χ0v) is 17.1. The number of rotatable bonds is 4. The molecule has 1 fully saturated rings. The van der Waals surface area contributed by atoms with Crippen molar-refractivity contribution in [1.29, 1.82) is 0 Å². The average molecular weight is 383 g/mol. The van der Waals surface area contributed by atoms with E-state index in [0.29, 0.717) is 11.4 Å². The van der Waals surface area contributed by atoms with Crippen LogP contribution in [0.3, 0.4) is 0 Å². The van der Waals surface area contributed by atoms with Gasteiger partial charge in [-0.15, -0.1) is 0 Å². The first kappa shape index (κ1) is 20.7. The Labute approximate surface area is 157 Å². The van der Waals surface area contributed by atoms with E-state index >= 15 is 0 Å². The van der Waals surface area contributed by atoms with Crippen molar-refractivity contribution in [2.24, 2.45) is 0 Å². The molecule has 1 unspecified atom stereocenters. The normalized spacial score (nSPS) is 19.2. The van der Waals surface area contributed by atoms with Crippen molar-refractivity contribution in [3.8, 4) is 0 Å². The second kappa shape index (κ2) is 7.96. The Hall–Kier alpha value is -1.60. The minimum Gasteiger partial charge on any atom is -0.444 e. The molecular formula is C19H30N2O4S. The fourth-order valence-electron chi connectivity index (χ4n) is 3.12. The van der Waals surface area contributed by atoms with Gasteiger partial charge in [0.05, 0.1) is 4.90 Å². The Kier molecular flexibility index (Phi) is 6.34. The molecule has 1 heterocycles.